The van der Waals surface area contributed by atoms with Gasteiger partial charge in [-0.1, -0.05) is 23.7 Å². The van der Waals surface area contributed by atoms with Crippen molar-refractivity contribution >= 4 is 40.6 Å². The minimum Gasteiger partial charge on any atom is -0.322 e. The summed E-state index contributed by atoms with van der Waals surface area (Å²) >= 11 is 5.83. The number of Topliss-reactive ketones (excluding diaryl/α,β-unsaturated/α-hetero) is 1. The molecule has 5 nitrogen and oxygen atoms in total. The van der Waals surface area contributed by atoms with E-state index in [0.717, 1.165) is 0 Å². The van der Waals surface area contributed by atoms with E-state index >= 15 is 0 Å². The molecule has 0 spiro atoms. The quantitative estimate of drug-likeness (QED) is 0.597. The second kappa shape index (κ2) is 8.50. The summed E-state index contributed by atoms with van der Waals surface area (Å²) in [6, 6.07) is 19.8. The zero-order chi connectivity index (χ0) is 20.1. The van der Waals surface area contributed by atoms with Gasteiger partial charge in [-0.25, -0.2) is 0 Å². The first kappa shape index (κ1) is 19.3. The van der Waals surface area contributed by atoms with Crippen LogP contribution in [-0.4, -0.2) is 17.6 Å². The number of ketones is 1. The Kier molecular flexibility index (Phi) is 5.87. The summed E-state index contributed by atoms with van der Waals surface area (Å²) < 4.78 is 0. The summed E-state index contributed by atoms with van der Waals surface area (Å²) in [6.07, 6.45) is 0. The van der Waals surface area contributed by atoms with E-state index in [0.29, 0.717) is 33.1 Å². The topological polar surface area (TPSA) is 75.3 Å². The molecule has 0 fully saturated rings. The van der Waals surface area contributed by atoms with Gasteiger partial charge in [0.25, 0.3) is 11.8 Å². The summed E-state index contributed by atoms with van der Waals surface area (Å²) in [5.41, 5.74) is 2.50. The molecule has 140 valence electrons. The Hall–Kier alpha value is -3.44. The monoisotopic (exact) mass is 392 g/mol. The van der Waals surface area contributed by atoms with Gasteiger partial charge in [0, 0.05) is 33.1 Å². The molecular weight excluding hydrogens is 376 g/mol. The Morgan fingerprint density at radius 2 is 1.21 bits per heavy atom. The summed E-state index contributed by atoms with van der Waals surface area (Å²) in [5.74, 6) is -0.694. The van der Waals surface area contributed by atoms with Crippen LogP contribution in [0.5, 0.6) is 0 Å². The average Bonchev–Trinajstić information content (AvgIpc) is 2.70. The normalized spacial score (nSPS) is 10.2. The average molecular weight is 393 g/mol. The Morgan fingerprint density at radius 3 is 1.75 bits per heavy atom. The highest BCUT2D eigenvalue weighted by Crippen LogP contribution is 2.16. The van der Waals surface area contributed by atoms with Crippen LogP contribution < -0.4 is 10.6 Å². The molecule has 0 atom stereocenters. The Bertz CT molecular complexity index is 1030. The van der Waals surface area contributed by atoms with Crippen molar-refractivity contribution in [2.45, 2.75) is 6.92 Å². The lowest BCUT2D eigenvalue weighted by molar-refractivity contribution is 0.101. The van der Waals surface area contributed by atoms with E-state index < -0.39 is 0 Å². The van der Waals surface area contributed by atoms with Gasteiger partial charge in [0.05, 0.1) is 0 Å². The molecule has 0 aliphatic rings. The van der Waals surface area contributed by atoms with Crippen LogP contribution in [-0.2, 0) is 0 Å². The maximum atomic E-state index is 12.4. The highest BCUT2D eigenvalue weighted by atomic mass is 35.5. The largest absolute Gasteiger partial charge is 0.322 e. The van der Waals surface area contributed by atoms with Gasteiger partial charge in [-0.3, -0.25) is 14.4 Å². The Labute approximate surface area is 167 Å². The van der Waals surface area contributed by atoms with Crippen molar-refractivity contribution < 1.29 is 14.4 Å². The third-order valence-corrected chi connectivity index (χ3v) is 4.29. The van der Waals surface area contributed by atoms with Crippen molar-refractivity contribution in [3.63, 3.8) is 0 Å². The minimum absolute atomic E-state index is 0.0767. The number of rotatable bonds is 5. The number of carbonyl (C=O) groups excluding carboxylic acids is 3. The molecule has 0 radical (unpaired) electrons. The molecule has 3 aromatic carbocycles. The molecule has 28 heavy (non-hydrogen) atoms. The van der Waals surface area contributed by atoms with E-state index in [4.69, 9.17) is 11.6 Å². The fraction of sp³-hybridized carbons (Fsp3) is 0.0455. The number of amides is 2. The van der Waals surface area contributed by atoms with Gasteiger partial charge in [0.2, 0.25) is 0 Å². The number of anilines is 2. The molecule has 0 saturated heterocycles. The molecule has 2 amide bonds. The van der Waals surface area contributed by atoms with Gasteiger partial charge >= 0.3 is 0 Å². The first-order chi connectivity index (χ1) is 13.4. The molecule has 0 heterocycles. The smallest absolute Gasteiger partial charge is 0.255 e. The van der Waals surface area contributed by atoms with E-state index in [1.807, 2.05) is 0 Å². The van der Waals surface area contributed by atoms with Crippen molar-refractivity contribution in [2.75, 3.05) is 10.6 Å². The van der Waals surface area contributed by atoms with Crippen molar-refractivity contribution in [3.8, 4) is 0 Å². The molecule has 0 saturated carbocycles. The number of hydrogen-bond donors (Lipinski definition) is 2. The van der Waals surface area contributed by atoms with Crippen molar-refractivity contribution in [1.29, 1.82) is 0 Å². The van der Waals surface area contributed by atoms with Gasteiger partial charge in [-0.05, 0) is 67.6 Å². The molecule has 0 aliphatic heterocycles. The third kappa shape index (κ3) is 4.84. The standard InChI is InChI=1S/C22H17ClN2O3/c1-14(26)17-3-2-4-20(13-17)25-22(28)16-7-5-15(6-8-16)21(27)24-19-11-9-18(23)10-12-19/h2-13H,1H3,(H,24,27)(H,25,28). The molecule has 3 rings (SSSR count). The second-order valence-corrected chi connectivity index (χ2v) is 6.57. The lowest BCUT2D eigenvalue weighted by Gasteiger charge is -2.08. The van der Waals surface area contributed by atoms with E-state index in [2.05, 4.69) is 10.6 Å². The van der Waals surface area contributed by atoms with Gasteiger partial charge < -0.3 is 10.6 Å². The molecule has 0 aliphatic carbocycles. The van der Waals surface area contributed by atoms with Crippen LogP contribution in [0.15, 0.2) is 72.8 Å². The number of benzene rings is 3. The van der Waals surface area contributed by atoms with Crippen LogP contribution in [0.4, 0.5) is 11.4 Å². The van der Waals surface area contributed by atoms with Crippen LogP contribution in [0.2, 0.25) is 5.02 Å². The number of halogens is 1. The van der Waals surface area contributed by atoms with E-state index in [1.165, 1.54) is 6.92 Å². The van der Waals surface area contributed by atoms with E-state index in [1.54, 1.807) is 72.8 Å². The Balaban J connectivity index is 1.67. The summed E-state index contributed by atoms with van der Waals surface area (Å²) in [6.45, 7) is 1.47. The van der Waals surface area contributed by atoms with Crippen LogP contribution in [0, 0.1) is 0 Å². The molecular formula is C22H17ClN2O3. The molecule has 2 N–H and O–H groups in total. The maximum absolute atomic E-state index is 12.4. The number of hydrogen-bond acceptors (Lipinski definition) is 3. The lowest BCUT2D eigenvalue weighted by Crippen LogP contribution is -2.14. The van der Waals surface area contributed by atoms with Crippen LogP contribution in [0.1, 0.15) is 38.0 Å². The van der Waals surface area contributed by atoms with Crippen LogP contribution in [0.25, 0.3) is 0 Å². The van der Waals surface area contributed by atoms with E-state index in [9.17, 15) is 14.4 Å². The van der Waals surface area contributed by atoms with Gasteiger partial charge in [0.15, 0.2) is 5.78 Å². The first-order valence-corrected chi connectivity index (χ1v) is 8.89. The van der Waals surface area contributed by atoms with Gasteiger partial charge in [-0.2, -0.15) is 0 Å². The number of nitrogens with one attached hydrogen (secondary N) is 2. The third-order valence-electron chi connectivity index (χ3n) is 4.04. The Morgan fingerprint density at radius 1 is 0.679 bits per heavy atom. The van der Waals surface area contributed by atoms with E-state index in [-0.39, 0.29) is 17.6 Å². The lowest BCUT2D eigenvalue weighted by atomic mass is 10.1. The second-order valence-electron chi connectivity index (χ2n) is 6.13. The molecule has 6 heteroatoms. The number of carbonyl (C=O) groups is 3. The summed E-state index contributed by atoms with van der Waals surface area (Å²) in [5, 5.41) is 6.09. The minimum atomic E-state index is -0.328. The van der Waals surface area contributed by atoms with Gasteiger partial charge in [0.1, 0.15) is 0 Å². The summed E-state index contributed by atoms with van der Waals surface area (Å²) in [7, 11) is 0. The highest BCUT2D eigenvalue weighted by Gasteiger charge is 2.10. The van der Waals surface area contributed by atoms with Crippen molar-refractivity contribution in [1.82, 2.24) is 0 Å². The summed E-state index contributed by atoms with van der Waals surface area (Å²) in [4.78, 5) is 36.1. The fourth-order valence-electron chi connectivity index (χ4n) is 2.53. The van der Waals surface area contributed by atoms with Crippen molar-refractivity contribution in [2.24, 2.45) is 0 Å². The molecule has 0 bridgehead atoms. The molecule has 3 aromatic rings. The molecule has 0 unspecified atom stereocenters. The van der Waals surface area contributed by atoms with Gasteiger partial charge in [-0.15, -0.1) is 0 Å². The van der Waals surface area contributed by atoms with Crippen LogP contribution >= 0.6 is 11.6 Å². The zero-order valence-electron chi connectivity index (χ0n) is 15.0. The van der Waals surface area contributed by atoms with Crippen LogP contribution in [0.3, 0.4) is 0 Å². The maximum Gasteiger partial charge on any atom is 0.255 e. The fourth-order valence-corrected chi connectivity index (χ4v) is 2.65. The predicted molar refractivity (Wildman–Crippen MR) is 110 cm³/mol. The van der Waals surface area contributed by atoms with Crippen molar-refractivity contribution in [3.05, 3.63) is 94.5 Å². The highest BCUT2D eigenvalue weighted by molar-refractivity contribution is 6.30. The first-order valence-electron chi connectivity index (χ1n) is 8.52. The zero-order valence-corrected chi connectivity index (χ0v) is 15.8. The predicted octanol–water partition coefficient (Wildman–Crippen LogP) is 5.05. The molecule has 0 aromatic heterocycles. The SMILES string of the molecule is CC(=O)c1cccc(NC(=O)c2ccc(C(=O)Nc3ccc(Cl)cc3)cc2)c1.